The van der Waals surface area contributed by atoms with Crippen LogP contribution in [0.4, 0.5) is 0 Å². The van der Waals surface area contributed by atoms with Gasteiger partial charge in [0, 0.05) is 19.5 Å². The zero-order valence-electron chi connectivity index (χ0n) is 16.6. The molecule has 0 radical (unpaired) electrons. The molecule has 0 aliphatic carbocycles. The minimum absolute atomic E-state index is 0.0390. The van der Waals surface area contributed by atoms with Gasteiger partial charge in [0.05, 0.1) is 6.54 Å². The third-order valence-electron chi connectivity index (χ3n) is 5.50. The van der Waals surface area contributed by atoms with Crippen LogP contribution in [0.15, 0.2) is 39.8 Å². The van der Waals surface area contributed by atoms with E-state index in [0.29, 0.717) is 31.0 Å². The summed E-state index contributed by atoms with van der Waals surface area (Å²) in [5.41, 5.74) is 0.294. The molecule has 1 aromatic heterocycles. The lowest BCUT2D eigenvalue weighted by atomic mass is 10.2. The summed E-state index contributed by atoms with van der Waals surface area (Å²) >= 11 is 0. The van der Waals surface area contributed by atoms with Crippen molar-refractivity contribution in [3.63, 3.8) is 0 Å². The van der Waals surface area contributed by atoms with Crippen LogP contribution in [-0.2, 0) is 14.8 Å². The molecule has 2 aliphatic heterocycles. The largest absolute Gasteiger partial charge is 0.489 e. The first-order chi connectivity index (χ1) is 13.9. The molecule has 0 N–H and O–H groups in total. The fourth-order valence-corrected chi connectivity index (χ4v) is 6.06. The number of para-hydroxylation sites is 1. The van der Waals surface area contributed by atoms with Crippen molar-refractivity contribution in [1.82, 2.24) is 14.4 Å². The number of carbonyl (C=O) groups is 1. The standard InChI is InChI=1S/C20H25N3O5S/c1-14-19(15(2)28-21-14)29(25,26)23-13-17(27-16-8-4-3-5-9-16)12-18(23)20(24)22-10-6-7-11-22/h3-5,8-9,17-18H,6-7,10-13H2,1-2H3/t17-,18-/m0/s1. The Morgan fingerprint density at radius 2 is 1.86 bits per heavy atom. The highest BCUT2D eigenvalue weighted by Crippen LogP contribution is 2.33. The molecule has 2 fully saturated rings. The van der Waals surface area contributed by atoms with Crippen LogP contribution in [0.25, 0.3) is 0 Å². The molecule has 0 bridgehead atoms. The van der Waals surface area contributed by atoms with E-state index in [1.807, 2.05) is 30.3 Å². The summed E-state index contributed by atoms with van der Waals surface area (Å²) < 4.78 is 39.3. The molecule has 2 aromatic rings. The van der Waals surface area contributed by atoms with E-state index in [9.17, 15) is 13.2 Å². The lowest BCUT2D eigenvalue weighted by Crippen LogP contribution is -2.47. The van der Waals surface area contributed by atoms with Crippen molar-refractivity contribution in [3.8, 4) is 5.75 Å². The summed E-state index contributed by atoms with van der Waals surface area (Å²) in [5.74, 6) is 0.723. The van der Waals surface area contributed by atoms with Crippen LogP contribution >= 0.6 is 0 Å². The predicted octanol–water partition coefficient (Wildman–Crippen LogP) is 2.12. The number of hydrogen-bond donors (Lipinski definition) is 0. The Hall–Kier alpha value is -2.39. The van der Waals surface area contributed by atoms with Gasteiger partial charge in [0.1, 0.15) is 28.5 Å². The minimum Gasteiger partial charge on any atom is -0.489 e. The molecule has 9 heteroatoms. The second-order valence-corrected chi connectivity index (χ2v) is 9.39. The van der Waals surface area contributed by atoms with Crippen LogP contribution in [0.1, 0.15) is 30.7 Å². The highest BCUT2D eigenvalue weighted by atomic mass is 32.2. The highest BCUT2D eigenvalue weighted by Gasteiger charge is 2.48. The van der Waals surface area contributed by atoms with Crippen molar-refractivity contribution in [2.45, 2.75) is 50.2 Å². The van der Waals surface area contributed by atoms with Crippen molar-refractivity contribution >= 4 is 15.9 Å². The van der Waals surface area contributed by atoms with Gasteiger partial charge < -0.3 is 14.2 Å². The topological polar surface area (TPSA) is 93.0 Å². The van der Waals surface area contributed by atoms with Crippen molar-refractivity contribution in [1.29, 1.82) is 0 Å². The monoisotopic (exact) mass is 419 g/mol. The maximum absolute atomic E-state index is 13.5. The molecule has 2 saturated heterocycles. The molecule has 4 rings (SSSR count). The van der Waals surface area contributed by atoms with E-state index in [0.717, 1.165) is 12.8 Å². The lowest BCUT2D eigenvalue weighted by molar-refractivity contribution is -0.133. The zero-order valence-corrected chi connectivity index (χ0v) is 17.4. The first kappa shape index (κ1) is 19.9. The van der Waals surface area contributed by atoms with Crippen molar-refractivity contribution in [2.24, 2.45) is 0 Å². The SMILES string of the molecule is Cc1noc(C)c1S(=O)(=O)N1C[C@@H](Oc2ccccc2)C[C@H]1C(=O)N1CCCC1. The number of aryl methyl sites for hydroxylation is 2. The molecule has 2 aliphatic rings. The second kappa shape index (κ2) is 7.79. The fourth-order valence-electron chi connectivity index (χ4n) is 4.14. The maximum atomic E-state index is 13.5. The van der Waals surface area contributed by atoms with Gasteiger partial charge in [-0.25, -0.2) is 8.42 Å². The van der Waals surface area contributed by atoms with Gasteiger partial charge in [0.2, 0.25) is 15.9 Å². The summed E-state index contributed by atoms with van der Waals surface area (Å²) in [5, 5.41) is 3.78. The van der Waals surface area contributed by atoms with E-state index in [1.54, 1.807) is 18.7 Å². The van der Waals surface area contributed by atoms with E-state index in [4.69, 9.17) is 9.26 Å². The highest BCUT2D eigenvalue weighted by molar-refractivity contribution is 7.89. The summed E-state index contributed by atoms with van der Waals surface area (Å²) in [6.07, 6.45) is 1.79. The summed E-state index contributed by atoms with van der Waals surface area (Å²) in [6.45, 7) is 4.59. The molecule has 29 heavy (non-hydrogen) atoms. The fraction of sp³-hybridized carbons (Fsp3) is 0.500. The Balaban J connectivity index is 1.65. The van der Waals surface area contributed by atoms with Gasteiger partial charge in [-0.05, 0) is 38.8 Å². The van der Waals surface area contributed by atoms with Gasteiger partial charge in [-0.3, -0.25) is 4.79 Å². The number of likely N-dealkylation sites (tertiary alicyclic amines) is 1. The van der Waals surface area contributed by atoms with Crippen molar-refractivity contribution in [2.75, 3.05) is 19.6 Å². The molecule has 8 nitrogen and oxygen atoms in total. The first-order valence-electron chi connectivity index (χ1n) is 9.83. The van der Waals surface area contributed by atoms with E-state index in [-0.39, 0.29) is 23.1 Å². The summed E-state index contributed by atoms with van der Waals surface area (Å²) in [4.78, 5) is 15.0. The number of benzene rings is 1. The average molecular weight is 420 g/mol. The summed E-state index contributed by atoms with van der Waals surface area (Å²) in [7, 11) is -3.96. The number of aromatic nitrogens is 1. The Bertz CT molecular complexity index is 963. The molecular weight excluding hydrogens is 394 g/mol. The van der Waals surface area contributed by atoms with Crippen molar-refractivity contribution in [3.05, 3.63) is 41.8 Å². The molecule has 0 saturated carbocycles. The normalized spacial score (nSPS) is 22.9. The third kappa shape index (κ3) is 3.76. The van der Waals surface area contributed by atoms with E-state index in [1.165, 1.54) is 4.31 Å². The second-order valence-electron chi connectivity index (χ2n) is 7.56. The van der Waals surface area contributed by atoms with Crippen LogP contribution in [-0.4, -0.2) is 60.5 Å². The summed E-state index contributed by atoms with van der Waals surface area (Å²) in [6, 6.07) is 8.45. The number of rotatable bonds is 5. The third-order valence-corrected chi connectivity index (χ3v) is 7.62. The maximum Gasteiger partial charge on any atom is 0.249 e. The molecule has 2 atom stereocenters. The van der Waals surface area contributed by atoms with E-state index < -0.39 is 22.2 Å². The Morgan fingerprint density at radius 3 is 2.48 bits per heavy atom. The van der Waals surface area contributed by atoms with Gasteiger partial charge >= 0.3 is 0 Å². The Morgan fingerprint density at radius 1 is 1.17 bits per heavy atom. The smallest absolute Gasteiger partial charge is 0.249 e. The number of hydrogen-bond acceptors (Lipinski definition) is 6. The number of ether oxygens (including phenoxy) is 1. The molecule has 1 aromatic carbocycles. The predicted molar refractivity (Wildman–Crippen MR) is 105 cm³/mol. The Labute approximate surface area is 170 Å². The van der Waals surface area contributed by atoms with Gasteiger partial charge in [0.15, 0.2) is 5.76 Å². The molecule has 0 unspecified atom stereocenters. The van der Waals surface area contributed by atoms with Crippen molar-refractivity contribution < 1.29 is 22.5 Å². The molecule has 1 amide bonds. The van der Waals surface area contributed by atoms with Gasteiger partial charge in [-0.2, -0.15) is 4.31 Å². The zero-order chi connectivity index (χ0) is 20.6. The quantitative estimate of drug-likeness (QED) is 0.737. The number of nitrogens with zero attached hydrogens (tertiary/aromatic N) is 3. The van der Waals surface area contributed by atoms with E-state index in [2.05, 4.69) is 5.16 Å². The number of amides is 1. The average Bonchev–Trinajstić information content (AvgIpc) is 3.43. The lowest BCUT2D eigenvalue weighted by Gasteiger charge is -2.26. The van der Waals surface area contributed by atoms with Crippen LogP contribution in [0.5, 0.6) is 5.75 Å². The van der Waals surface area contributed by atoms with Crippen LogP contribution in [0, 0.1) is 13.8 Å². The molecule has 3 heterocycles. The first-order valence-corrected chi connectivity index (χ1v) is 11.3. The van der Waals surface area contributed by atoms with Gasteiger partial charge in [0.25, 0.3) is 0 Å². The Kier molecular flexibility index (Phi) is 5.35. The van der Waals surface area contributed by atoms with Crippen LogP contribution in [0.3, 0.4) is 0 Å². The molecule has 156 valence electrons. The van der Waals surface area contributed by atoms with E-state index >= 15 is 0 Å². The molecule has 0 spiro atoms. The minimum atomic E-state index is -3.96. The number of sulfonamides is 1. The number of carbonyl (C=O) groups excluding carboxylic acids is 1. The van der Waals surface area contributed by atoms with Gasteiger partial charge in [-0.1, -0.05) is 23.4 Å². The van der Waals surface area contributed by atoms with Crippen LogP contribution in [0.2, 0.25) is 0 Å². The van der Waals surface area contributed by atoms with Gasteiger partial charge in [-0.15, -0.1) is 0 Å². The van der Waals surface area contributed by atoms with Crippen LogP contribution < -0.4 is 4.74 Å². The molecular formula is C20H25N3O5S.